The Kier molecular flexibility index (Phi) is 3.70. The van der Waals surface area contributed by atoms with E-state index in [1.54, 1.807) is 11.8 Å². The first-order valence-corrected chi connectivity index (χ1v) is 8.67. The van der Waals surface area contributed by atoms with Crippen LogP contribution in [0.25, 0.3) is 0 Å². The third-order valence-electron chi connectivity index (χ3n) is 3.94. The summed E-state index contributed by atoms with van der Waals surface area (Å²) >= 11 is 1.76. The van der Waals surface area contributed by atoms with Crippen molar-refractivity contribution in [2.24, 2.45) is 5.10 Å². The second-order valence-electron chi connectivity index (χ2n) is 5.85. The van der Waals surface area contributed by atoms with Crippen molar-refractivity contribution in [2.45, 2.75) is 18.8 Å². The van der Waals surface area contributed by atoms with Gasteiger partial charge in [-0.15, -0.1) is 5.10 Å². The average molecular weight is 337 g/mol. The lowest BCUT2D eigenvalue weighted by molar-refractivity contribution is 0.133. The number of anilines is 1. The molecule has 0 saturated heterocycles. The van der Waals surface area contributed by atoms with Crippen molar-refractivity contribution < 1.29 is 0 Å². The van der Waals surface area contributed by atoms with E-state index >= 15 is 0 Å². The van der Waals surface area contributed by atoms with Crippen LogP contribution in [-0.2, 0) is 0 Å². The van der Waals surface area contributed by atoms with Gasteiger partial charge in [-0.2, -0.15) is 5.12 Å². The molecule has 0 aromatic heterocycles. The molecule has 0 bridgehead atoms. The van der Waals surface area contributed by atoms with Crippen molar-refractivity contribution in [1.82, 2.24) is 15.9 Å². The van der Waals surface area contributed by atoms with Crippen molar-refractivity contribution in [1.29, 1.82) is 0 Å². The standard InChI is InChI=1S/C18H19N5S/c1-14-13-19-18(2,24-14)23-21-17(15-9-5-3-6-10-15)20-22(23)16-11-7-4-8-12-16/h3-13,19H,1-2H3,(H,20,21). The molecule has 4 rings (SSSR count). The van der Waals surface area contributed by atoms with E-state index in [-0.39, 0.29) is 4.99 Å². The number of hydrogen-bond acceptors (Lipinski definition) is 6. The lowest BCUT2D eigenvalue weighted by Crippen LogP contribution is -2.60. The van der Waals surface area contributed by atoms with Gasteiger partial charge in [0.1, 0.15) is 0 Å². The van der Waals surface area contributed by atoms with Crippen molar-refractivity contribution in [2.75, 3.05) is 5.12 Å². The monoisotopic (exact) mass is 337 g/mol. The zero-order valence-corrected chi connectivity index (χ0v) is 14.4. The summed E-state index contributed by atoms with van der Waals surface area (Å²) in [5.41, 5.74) is 5.51. The maximum absolute atomic E-state index is 4.81. The number of thioether (sulfide) groups is 1. The van der Waals surface area contributed by atoms with Gasteiger partial charge in [0.25, 0.3) is 0 Å². The molecule has 2 aliphatic heterocycles. The van der Waals surface area contributed by atoms with Crippen molar-refractivity contribution in [3.05, 3.63) is 77.3 Å². The number of hydrazone groups is 1. The lowest BCUT2D eigenvalue weighted by atomic mass is 10.2. The van der Waals surface area contributed by atoms with E-state index < -0.39 is 0 Å². The summed E-state index contributed by atoms with van der Waals surface area (Å²) in [5.74, 6) is 0.827. The summed E-state index contributed by atoms with van der Waals surface area (Å²) in [6.45, 7) is 4.24. The number of rotatable bonds is 3. The Balaban J connectivity index is 1.71. The van der Waals surface area contributed by atoms with Crippen LogP contribution in [0.1, 0.15) is 19.4 Å². The number of allylic oxidation sites excluding steroid dienone is 1. The maximum atomic E-state index is 4.81. The molecular formula is C18H19N5S. The van der Waals surface area contributed by atoms with E-state index in [1.165, 1.54) is 4.91 Å². The van der Waals surface area contributed by atoms with E-state index in [0.717, 1.165) is 17.1 Å². The van der Waals surface area contributed by atoms with Gasteiger partial charge in [-0.25, -0.2) is 0 Å². The van der Waals surface area contributed by atoms with Crippen LogP contribution in [0, 0.1) is 0 Å². The highest BCUT2D eigenvalue weighted by Gasteiger charge is 2.43. The summed E-state index contributed by atoms with van der Waals surface area (Å²) in [4.78, 5) is 0.875. The second kappa shape index (κ2) is 5.89. The highest BCUT2D eigenvalue weighted by Crippen LogP contribution is 2.39. The molecule has 2 aliphatic rings. The van der Waals surface area contributed by atoms with Gasteiger partial charge in [0.15, 0.2) is 10.8 Å². The fourth-order valence-electron chi connectivity index (χ4n) is 2.76. The fraction of sp³-hybridized carbons (Fsp3) is 0.167. The molecule has 0 saturated carbocycles. The minimum absolute atomic E-state index is 0.361. The van der Waals surface area contributed by atoms with Crippen LogP contribution in [0.3, 0.4) is 0 Å². The van der Waals surface area contributed by atoms with Gasteiger partial charge in [-0.1, -0.05) is 65.4 Å². The summed E-state index contributed by atoms with van der Waals surface area (Å²) in [6.07, 6.45) is 2.04. The van der Waals surface area contributed by atoms with Crippen molar-refractivity contribution in [3.8, 4) is 0 Å². The molecule has 122 valence electrons. The Morgan fingerprint density at radius 3 is 2.29 bits per heavy atom. The molecule has 24 heavy (non-hydrogen) atoms. The molecule has 1 unspecified atom stereocenters. The van der Waals surface area contributed by atoms with Crippen LogP contribution in [0.5, 0.6) is 0 Å². The summed E-state index contributed by atoms with van der Waals surface area (Å²) in [5, 5.41) is 12.2. The lowest BCUT2D eigenvalue weighted by Gasteiger charge is -2.38. The van der Waals surface area contributed by atoms with Crippen LogP contribution in [-0.4, -0.2) is 15.9 Å². The average Bonchev–Trinajstić information content (AvgIpc) is 3.21. The molecule has 6 heteroatoms. The highest BCUT2D eigenvalue weighted by atomic mass is 32.2. The Labute approximate surface area is 146 Å². The smallest absolute Gasteiger partial charge is 0.179 e. The molecule has 5 nitrogen and oxygen atoms in total. The van der Waals surface area contributed by atoms with Crippen molar-refractivity contribution in [3.63, 3.8) is 0 Å². The highest BCUT2D eigenvalue weighted by molar-refractivity contribution is 8.04. The molecule has 0 amide bonds. The van der Waals surface area contributed by atoms with Gasteiger partial charge >= 0.3 is 0 Å². The third kappa shape index (κ3) is 2.64. The summed E-state index contributed by atoms with van der Waals surface area (Å²) < 4.78 is 0. The Hall–Kier alpha value is -2.44. The minimum atomic E-state index is -0.361. The molecule has 2 N–H and O–H groups in total. The van der Waals surface area contributed by atoms with Gasteiger partial charge in [0, 0.05) is 16.7 Å². The van der Waals surface area contributed by atoms with Gasteiger partial charge in [0.2, 0.25) is 0 Å². The van der Waals surface area contributed by atoms with Gasteiger partial charge in [-0.05, 0) is 26.0 Å². The topological polar surface area (TPSA) is 42.9 Å². The number of para-hydroxylation sites is 1. The second-order valence-corrected chi connectivity index (χ2v) is 7.49. The van der Waals surface area contributed by atoms with E-state index in [1.807, 2.05) is 52.8 Å². The predicted molar refractivity (Wildman–Crippen MR) is 99.8 cm³/mol. The molecule has 0 aliphatic carbocycles. The van der Waals surface area contributed by atoms with E-state index in [9.17, 15) is 0 Å². The Bertz CT molecular complexity index is 790. The van der Waals surface area contributed by atoms with E-state index in [4.69, 9.17) is 5.10 Å². The molecule has 2 heterocycles. The summed E-state index contributed by atoms with van der Waals surface area (Å²) in [7, 11) is 0. The molecule has 2 aromatic rings. The van der Waals surface area contributed by atoms with Crippen LogP contribution < -0.4 is 15.9 Å². The number of nitrogens with zero attached hydrogens (tertiary/aromatic N) is 3. The Morgan fingerprint density at radius 2 is 1.67 bits per heavy atom. The number of amidine groups is 1. The Morgan fingerprint density at radius 1 is 1.00 bits per heavy atom. The zero-order chi connectivity index (χ0) is 16.6. The third-order valence-corrected chi connectivity index (χ3v) is 5.07. The van der Waals surface area contributed by atoms with Crippen molar-refractivity contribution >= 4 is 23.3 Å². The molecular weight excluding hydrogens is 318 g/mol. The SMILES string of the molecule is CC1=CNC(C)(N2NC(c3ccccc3)=NN2c2ccccc2)S1. The number of nitrogens with one attached hydrogen (secondary N) is 2. The zero-order valence-electron chi connectivity index (χ0n) is 13.6. The van der Waals surface area contributed by atoms with Gasteiger partial charge < -0.3 is 5.32 Å². The predicted octanol–water partition coefficient (Wildman–Crippen LogP) is 3.46. The minimum Gasteiger partial charge on any atom is -0.361 e. The first kappa shape index (κ1) is 15.1. The van der Waals surface area contributed by atoms with Crippen LogP contribution >= 0.6 is 11.8 Å². The number of benzene rings is 2. The molecule has 0 fully saturated rings. The maximum Gasteiger partial charge on any atom is 0.179 e. The van der Waals surface area contributed by atoms with E-state index in [2.05, 4.69) is 48.9 Å². The fourth-order valence-corrected chi connectivity index (χ4v) is 3.83. The first-order valence-electron chi connectivity index (χ1n) is 7.85. The number of hydrazine groups is 2. The van der Waals surface area contributed by atoms with E-state index in [0.29, 0.717) is 0 Å². The van der Waals surface area contributed by atoms with Gasteiger partial charge in [0.05, 0.1) is 5.69 Å². The van der Waals surface area contributed by atoms with Crippen LogP contribution in [0.2, 0.25) is 0 Å². The summed E-state index contributed by atoms with van der Waals surface area (Å²) in [6, 6.07) is 20.3. The molecule has 0 radical (unpaired) electrons. The normalized spacial score (nSPS) is 23.5. The quantitative estimate of drug-likeness (QED) is 0.898. The van der Waals surface area contributed by atoms with Crippen LogP contribution in [0.15, 0.2) is 76.9 Å². The van der Waals surface area contributed by atoms with Gasteiger partial charge in [-0.3, -0.25) is 5.43 Å². The first-order chi connectivity index (χ1) is 11.7. The largest absolute Gasteiger partial charge is 0.361 e. The van der Waals surface area contributed by atoms with Crippen LogP contribution in [0.4, 0.5) is 5.69 Å². The molecule has 2 aromatic carbocycles. The number of hydrogen-bond donors (Lipinski definition) is 2. The molecule has 1 atom stereocenters. The molecule has 0 spiro atoms.